The van der Waals surface area contributed by atoms with Crippen LogP contribution in [0.5, 0.6) is 5.75 Å². The molecule has 0 radical (unpaired) electrons. The second-order valence-electron chi connectivity index (χ2n) is 8.85. The van der Waals surface area contributed by atoms with Crippen molar-refractivity contribution in [3.05, 3.63) is 41.5 Å². The van der Waals surface area contributed by atoms with Crippen molar-refractivity contribution >= 4 is 31.6 Å². The van der Waals surface area contributed by atoms with Crippen LogP contribution in [0.4, 0.5) is 18.9 Å². The van der Waals surface area contributed by atoms with Crippen LogP contribution < -0.4 is 14.8 Å². The van der Waals surface area contributed by atoms with Gasteiger partial charge in [0.25, 0.3) is 5.91 Å². The van der Waals surface area contributed by atoms with Gasteiger partial charge in [-0.2, -0.15) is 4.31 Å². The lowest BCUT2D eigenvalue weighted by molar-refractivity contribution is 0.101. The predicted octanol–water partition coefficient (Wildman–Crippen LogP) is 1.16. The number of ether oxygens (including phenoxy) is 1. The van der Waals surface area contributed by atoms with Crippen LogP contribution in [-0.2, 0) is 27.1 Å². The van der Waals surface area contributed by atoms with Crippen LogP contribution >= 0.6 is 0 Å². The van der Waals surface area contributed by atoms with Gasteiger partial charge in [0.15, 0.2) is 28.9 Å². The Labute approximate surface area is 199 Å². The number of carbonyl (C=O) groups excluding carboxylic acids is 1. The van der Waals surface area contributed by atoms with E-state index in [0.717, 1.165) is 6.20 Å². The highest BCUT2D eigenvalue weighted by molar-refractivity contribution is 7.90. The fraction of sp³-hybridized carbons (Fsp3) is 0.450. The molecule has 1 saturated carbocycles. The van der Waals surface area contributed by atoms with Gasteiger partial charge < -0.3 is 14.6 Å². The van der Waals surface area contributed by atoms with Crippen molar-refractivity contribution in [1.29, 1.82) is 0 Å². The van der Waals surface area contributed by atoms with E-state index in [1.54, 1.807) is 0 Å². The van der Waals surface area contributed by atoms with Gasteiger partial charge in [-0.1, -0.05) is 0 Å². The van der Waals surface area contributed by atoms with Gasteiger partial charge in [-0.15, -0.1) is 0 Å². The molecule has 2 unspecified atom stereocenters. The molecule has 1 aromatic carbocycles. The lowest BCUT2D eigenvalue weighted by atomic mass is 10.1. The first-order valence-corrected chi connectivity index (χ1v) is 13.7. The monoisotopic (exact) mass is 534 g/mol. The summed E-state index contributed by atoms with van der Waals surface area (Å²) >= 11 is 0. The molecule has 5 rings (SSSR count). The van der Waals surface area contributed by atoms with Crippen molar-refractivity contribution in [2.75, 3.05) is 25.0 Å². The first-order chi connectivity index (χ1) is 16.4. The van der Waals surface area contributed by atoms with Gasteiger partial charge in [-0.3, -0.25) is 4.79 Å². The maximum Gasteiger partial charge on any atom is 0.276 e. The van der Waals surface area contributed by atoms with Crippen LogP contribution in [0.3, 0.4) is 0 Å². The number of rotatable bonds is 4. The second-order valence-corrected chi connectivity index (χ2v) is 12.7. The van der Waals surface area contributed by atoms with Crippen LogP contribution in [0.15, 0.2) is 23.2 Å². The fourth-order valence-corrected chi connectivity index (χ4v) is 7.77. The molecule has 1 aliphatic carbocycles. The number of sulfonamides is 2. The number of benzene rings is 1. The molecule has 2 N–H and O–H groups in total. The van der Waals surface area contributed by atoms with E-state index in [0.29, 0.717) is 25.0 Å². The Balaban J connectivity index is 1.44. The van der Waals surface area contributed by atoms with Crippen molar-refractivity contribution in [1.82, 2.24) is 13.6 Å². The average molecular weight is 535 g/mol. The van der Waals surface area contributed by atoms with E-state index < -0.39 is 60.6 Å². The lowest BCUT2D eigenvalue weighted by Crippen LogP contribution is -2.43. The molecular formula is C20H21F3N4O6S2. The van der Waals surface area contributed by atoms with Crippen LogP contribution in [0.1, 0.15) is 23.3 Å². The number of anilines is 1. The summed E-state index contributed by atoms with van der Waals surface area (Å²) in [5, 5.41) is 1.77. The molecule has 1 amide bonds. The molecule has 0 bridgehead atoms. The molecule has 35 heavy (non-hydrogen) atoms. The van der Waals surface area contributed by atoms with E-state index >= 15 is 0 Å². The van der Waals surface area contributed by atoms with Crippen LogP contribution in [0.2, 0.25) is 0 Å². The highest BCUT2D eigenvalue weighted by Crippen LogP contribution is 2.37. The molecule has 1 saturated heterocycles. The van der Waals surface area contributed by atoms with Gasteiger partial charge in [0.1, 0.15) is 4.90 Å². The maximum atomic E-state index is 13.5. The number of aromatic nitrogens is 1. The predicted molar refractivity (Wildman–Crippen MR) is 116 cm³/mol. The minimum absolute atomic E-state index is 0.0245. The standard InChI is InChI=1S/C20H21F3N4O6S2/c1-26-8-16-19(18(26)20(28)24-11-4-13(21)17(23)14(22)5-11)33-9-10-6-27(35(31,32)12-2-3-12)7-15(10)25-34(16,29)30/h4-5,8,10,12,15,25H,2-3,6-7,9H2,1H3,(H,24,28). The van der Waals surface area contributed by atoms with Crippen LogP contribution in [0, 0.1) is 23.4 Å². The first kappa shape index (κ1) is 24.1. The van der Waals surface area contributed by atoms with Crippen molar-refractivity contribution < 1.29 is 39.5 Å². The summed E-state index contributed by atoms with van der Waals surface area (Å²) in [4.78, 5) is 12.6. The third-order valence-electron chi connectivity index (χ3n) is 6.31. The average Bonchev–Trinajstić information content (AvgIpc) is 3.47. The Bertz CT molecular complexity index is 1420. The Kier molecular flexibility index (Phi) is 5.65. The molecule has 15 heteroatoms. The molecule has 2 fully saturated rings. The second kappa shape index (κ2) is 8.21. The number of fused-ring (bicyclic) bond motifs is 2. The molecule has 1 aromatic heterocycles. The van der Waals surface area contributed by atoms with Crippen molar-refractivity contribution in [3.8, 4) is 5.75 Å². The minimum Gasteiger partial charge on any atom is -0.489 e. The highest BCUT2D eigenvalue weighted by atomic mass is 32.2. The molecule has 3 heterocycles. The number of nitrogens with zero attached hydrogens (tertiary/aromatic N) is 2. The van der Waals surface area contributed by atoms with Crippen LogP contribution in [0.25, 0.3) is 0 Å². The Morgan fingerprint density at radius 1 is 1.17 bits per heavy atom. The van der Waals surface area contributed by atoms with Gasteiger partial charge in [0.2, 0.25) is 20.0 Å². The zero-order valence-electron chi connectivity index (χ0n) is 18.3. The zero-order valence-corrected chi connectivity index (χ0v) is 19.9. The molecular weight excluding hydrogens is 513 g/mol. The number of nitrogens with one attached hydrogen (secondary N) is 2. The van der Waals surface area contributed by atoms with E-state index in [1.165, 1.54) is 15.9 Å². The summed E-state index contributed by atoms with van der Waals surface area (Å²) in [5.41, 5.74) is -0.639. The Morgan fingerprint density at radius 2 is 1.83 bits per heavy atom. The van der Waals surface area contributed by atoms with E-state index in [2.05, 4.69) is 10.0 Å². The number of amides is 1. The minimum atomic E-state index is -4.22. The topological polar surface area (TPSA) is 127 Å². The molecule has 3 aliphatic rings. The molecule has 2 atom stereocenters. The highest BCUT2D eigenvalue weighted by Gasteiger charge is 2.48. The first-order valence-electron chi connectivity index (χ1n) is 10.7. The van der Waals surface area contributed by atoms with Gasteiger partial charge in [0.05, 0.1) is 11.9 Å². The molecule has 0 spiro atoms. The number of hydrogen-bond donors (Lipinski definition) is 2. The summed E-state index contributed by atoms with van der Waals surface area (Å²) in [5.74, 6) is -6.47. The van der Waals surface area contributed by atoms with E-state index in [1.807, 2.05) is 0 Å². The van der Waals surface area contributed by atoms with Gasteiger partial charge in [-0.25, -0.2) is 34.7 Å². The summed E-state index contributed by atoms with van der Waals surface area (Å²) in [7, 11) is -6.36. The number of hydrogen-bond acceptors (Lipinski definition) is 6. The molecule has 190 valence electrons. The summed E-state index contributed by atoms with van der Waals surface area (Å²) in [6.07, 6.45) is 2.29. The van der Waals surface area contributed by atoms with E-state index in [4.69, 9.17) is 4.74 Å². The van der Waals surface area contributed by atoms with E-state index in [9.17, 15) is 34.8 Å². The summed E-state index contributed by atoms with van der Waals surface area (Å²) in [6, 6.07) is 0.449. The van der Waals surface area contributed by atoms with Gasteiger partial charge in [0, 0.05) is 56.1 Å². The van der Waals surface area contributed by atoms with E-state index in [-0.39, 0.29) is 41.7 Å². The smallest absolute Gasteiger partial charge is 0.276 e. The molecule has 10 nitrogen and oxygen atoms in total. The van der Waals surface area contributed by atoms with Gasteiger partial charge >= 0.3 is 0 Å². The zero-order chi connectivity index (χ0) is 25.3. The summed E-state index contributed by atoms with van der Waals surface area (Å²) < 4.78 is 103. The van der Waals surface area contributed by atoms with Crippen molar-refractivity contribution in [3.63, 3.8) is 0 Å². The molecule has 2 aromatic rings. The third-order valence-corrected chi connectivity index (χ3v) is 10.1. The number of aryl methyl sites for hydroxylation is 1. The summed E-state index contributed by atoms with van der Waals surface area (Å²) in [6.45, 7) is -0.0475. The normalized spacial score (nSPS) is 24.1. The maximum absolute atomic E-state index is 13.5. The SMILES string of the molecule is Cn1cc2c(c1C(=O)Nc1cc(F)c(F)c(F)c1)OCC1CN(S(=O)(=O)C3CC3)CC1NS2(=O)=O. The Morgan fingerprint density at radius 3 is 2.46 bits per heavy atom. The number of halogens is 3. The van der Waals surface area contributed by atoms with Crippen molar-refractivity contribution in [2.45, 2.75) is 29.0 Å². The largest absolute Gasteiger partial charge is 0.489 e. The van der Waals surface area contributed by atoms with Crippen molar-refractivity contribution in [2.24, 2.45) is 13.0 Å². The fourth-order valence-electron chi connectivity index (χ4n) is 4.36. The number of carbonyl (C=O) groups is 1. The quantitative estimate of drug-likeness (QED) is 0.567. The van der Waals surface area contributed by atoms with Gasteiger partial charge in [-0.05, 0) is 12.8 Å². The van der Waals surface area contributed by atoms with Crippen LogP contribution in [-0.4, -0.2) is 62.6 Å². The third kappa shape index (κ3) is 4.19. The molecule has 2 aliphatic heterocycles. The lowest BCUT2D eigenvalue weighted by Gasteiger charge is -2.23. The Hall–Kier alpha value is -2.62.